The van der Waals surface area contributed by atoms with E-state index in [9.17, 15) is 14.4 Å². The second kappa shape index (κ2) is 10.3. The molecular formula is C25H27N5O3S2. The highest BCUT2D eigenvalue weighted by Crippen LogP contribution is 2.36. The Morgan fingerprint density at radius 1 is 1.17 bits per heavy atom. The van der Waals surface area contributed by atoms with Gasteiger partial charge in [-0.05, 0) is 48.7 Å². The molecule has 0 aliphatic carbocycles. The molecule has 0 radical (unpaired) electrons. The van der Waals surface area contributed by atoms with Crippen LogP contribution in [0.4, 0.5) is 5.00 Å². The van der Waals surface area contributed by atoms with Crippen molar-refractivity contribution in [3.63, 3.8) is 0 Å². The molecule has 5 rings (SSSR count). The lowest BCUT2D eigenvalue weighted by Gasteiger charge is -2.37. The number of hydrogen-bond donors (Lipinski definition) is 3. The van der Waals surface area contributed by atoms with E-state index >= 15 is 0 Å². The molecule has 3 aromatic rings. The molecule has 0 saturated carbocycles. The largest absolute Gasteiger partial charge is 0.352 e. The predicted molar refractivity (Wildman–Crippen MR) is 138 cm³/mol. The Morgan fingerprint density at radius 3 is 2.80 bits per heavy atom. The fourth-order valence-corrected chi connectivity index (χ4v) is 6.14. The van der Waals surface area contributed by atoms with Gasteiger partial charge in [0.2, 0.25) is 11.8 Å². The molecule has 8 nitrogen and oxygen atoms in total. The van der Waals surface area contributed by atoms with Crippen LogP contribution < -0.4 is 16.0 Å². The van der Waals surface area contributed by atoms with E-state index < -0.39 is 0 Å². The van der Waals surface area contributed by atoms with Gasteiger partial charge in [-0.3, -0.25) is 14.4 Å². The second-order valence-corrected chi connectivity index (χ2v) is 11.0. The van der Waals surface area contributed by atoms with E-state index in [1.165, 1.54) is 18.3 Å². The second-order valence-electron chi connectivity index (χ2n) is 8.88. The average molecular weight is 510 g/mol. The first kappa shape index (κ1) is 23.7. The number of nitrogens with one attached hydrogen (secondary N) is 3. The number of carbonyl (C=O) groups is 3. The predicted octanol–water partition coefficient (Wildman–Crippen LogP) is 3.44. The van der Waals surface area contributed by atoms with Gasteiger partial charge in [-0.2, -0.15) is 0 Å². The number of anilines is 1. The van der Waals surface area contributed by atoms with Crippen molar-refractivity contribution in [1.82, 2.24) is 20.5 Å². The number of thiophene rings is 1. The molecule has 3 amide bonds. The summed E-state index contributed by atoms with van der Waals surface area (Å²) in [6, 6.07) is 11.5. The summed E-state index contributed by atoms with van der Waals surface area (Å²) < 4.78 is 0. The quantitative estimate of drug-likeness (QED) is 0.453. The van der Waals surface area contributed by atoms with Gasteiger partial charge >= 0.3 is 0 Å². The zero-order chi connectivity index (χ0) is 24.4. The van der Waals surface area contributed by atoms with Gasteiger partial charge in [0, 0.05) is 38.7 Å². The van der Waals surface area contributed by atoms with Gasteiger partial charge in [-0.1, -0.05) is 18.2 Å². The van der Waals surface area contributed by atoms with Gasteiger partial charge in [-0.25, -0.2) is 4.98 Å². The highest BCUT2D eigenvalue weighted by molar-refractivity contribution is 7.18. The monoisotopic (exact) mass is 509 g/mol. The van der Waals surface area contributed by atoms with Crippen LogP contribution in [0.15, 0.2) is 42.6 Å². The SMILES string of the molecule is CC(=O)NCc1cccc(-c2cnc(C3CN(C(=O)c4ccc(NC(=O)[C@@H]5CCCN5)s4)C3)s2)c1. The van der Waals surface area contributed by atoms with E-state index in [1.807, 2.05) is 29.3 Å². The van der Waals surface area contributed by atoms with E-state index in [2.05, 4.69) is 27.0 Å². The number of carbonyl (C=O) groups excluding carboxylic acids is 3. The Labute approximate surface area is 211 Å². The van der Waals surface area contributed by atoms with Crippen LogP contribution in [0.2, 0.25) is 0 Å². The van der Waals surface area contributed by atoms with Crippen LogP contribution in [0.5, 0.6) is 0 Å². The Hall–Kier alpha value is -3.08. The summed E-state index contributed by atoms with van der Waals surface area (Å²) in [6.07, 6.45) is 3.74. The van der Waals surface area contributed by atoms with Gasteiger partial charge in [0.05, 0.1) is 25.8 Å². The number of nitrogens with zero attached hydrogens (tertiary/aromatic N) is 2. The molecule has 0 spiro atoms. The molecule has 35 heavy (non-hydrogen) atoms. The van der Waals surface area contributed by atoms with Crippen molar-refractivity contribution in [3.8, 4) is 10.4 Å². The summed E-state index contributed by atoms with van der Waals surface area (Å²) in [5.41, 5.74) is 2.11. The lowest BCUT2D eigenvalue weighted by atomic mass is 10.0. The molecule has 4 heterocycles. The Bertz CT molecular complexity index is 1240. The van der Waals surface area contributed by atoms with Gasteiger partial charge < -0.3 is 20.9 Å². The first-order valence-corrected chi connectivity index (χ1v) is 13.3. The van der Waals surface area contributed by atoms with Gasteiger partial charge in [0.25, 0.3) is 5.91 Å². The van der Waals surface area contributed by atoms with Crippen LogP contribution in [0.25, 0.3) is 10.4 Å². The van der Waals surface area contributed by atoms with Crippen molar-refractivity contribution in [3.05, 3.63) is 58.0 Å². The molecule has 2 saturated heterocycles. The van der Waals surface area contributed by atoms with Crippen molar-refractivity contribution in [1.29, 1.82) is 0 Å². The molecule has 2 aliphatic rings. The maximum absolute atomic E-state index is 12.9. The van der Waals surface area contributed by atoms with Crippen LogP contribution in [0.1, 0.15) is 45.9 Å². The normalized spacial score (nSPS) is 17.7. The average Bonchev–Trinajstić information content (AvgIpc) is 3.58. The maximum Gasteiger partial charge on any atom is 0.264 e. The van der Waals surface area contributed by atoms with E-state index in [0.29, 0.717) is 29.5 Å². The fourth-order valence-electron chi connectivity index (χ4n) is 4.26. The molecule has 0 bridgehead atoms. The molecular weight excluding hydrogens is 482 g/mol. The Morgan fingerprint density at radius 2 is 2.03 bits per heavy atom. The smallest absolute Gasteiger partial charge is 0.264 e. The van der Waals surface area contributed by atoms with Crippen LogP contribution in [-0.4, -0.2) is 53.3 Å². The zero-order valence-corrected chi connectivity index (χ0v) is 21.0. The number of hydrogen-bond acceptors (Lipinski definition) is 7. The number of thiazole rings is 1. The molecule has 2 aliphatic heterocycles. The third kappa shape index (κ3) is 5.44. The third-order valence-electron chi connectivity index (χ3n) is 6.23. The van der Waals surface area contributed by atoms with E-state index in [-0.39, 0.29) is 29.7 Å². The van der Waals surface area contributed by atoms with E-state index in [0.717, 1.165) is 40.4 Å². The summed E-state index contributed by atoms with van der Waals surface area (Å²) >= 11 is 2.97. The summed E-state index contributed by atoms with van der Waals surface area (Å²) in [6.45, 7) is 4.16. The topological polar surface area (TPSA) is 103 Å². The number of rotatable bonds is 7. The molecule has 2 fully saturated rings. The van der Waals surface area contributed by atoms with E-state index in [1.54, 1.807) is 23.5 Å². The van der Waals surface area contributed by atoms with E-state index in [4.69, 9.17) is 0 Å². The summed E-state index contributed by atoms with van der Waals surface area (Å²) in [5, 5.41) is 10.7. The fraction of sp³-hybridized carbons (Fsp3) is 0.360. The number of likely N-dealkylation sites (tertiary alicyclic amines) is 1. The minimum atomic E-state index is -0.143. The molecule has 2 aromatic heterocycles. The third-order valence-corrected chi connectivity index (χ3v) is 8.43. The minimum Gasteiger partial charge on any atom is -0.352 e. The van der Waals surface area contributed by atoms with Crippen LogP contribution >= 0.6 is 22.7 Å². The van der Waals surface area contributed by atoms with Crippen molar-refractivity contribution in [2.45, 2.75) is 38.3 Å². The molecule has 182 valence electrons. The van der Waals surface area contributed by atoms with Crippen molar-refractivity contribution >= 4 is 45.4 Å². The standard InChI is InChI=1S/C25H27N5O3S2/c1-15(31)27-11-16-4-2-5-17(10-16)21-12-28-24(35-21)18-13-30(14-18)25(33)20-7-8-22(34-20)29-23(32)19-6-3-9-26-19/h2,4-5,7-8,10,12,18-19,26H,3,6,9,11,13-14H2,1H3,(H,27,31)(H,29,32)/t19-/m0/s1. The summed E-state index contributed by atoms with van der Waals surface area (Å²) in [5.74, 6) is 0.137. The van der Waals surface area contributed by atoms with Crippen LogP contribution in [-0.2, 0) is 16.1 Å². The number of benzene rings is 1. The summed E-state index contributed by atoms with van der Waals surface area (Å²) in [7, 11) is 0. The highest BCUT2D eigenvalue weighted by atomic mass is 32.1. The molecule has 1 atom stereocenters. The van der Waals surface area contributed by atoms with Crippen LogP contribution in [0, 0.1) is 0 Å². The van der Waals surface area contributed by atoms with Gasteiger partial charge in [0.15, 0.2) is 0 Å². The molecule has 3 N–H and O–H groups in total. The van der Waals surface area contributed by atoms with Crippen molar-refractivity contribution in [2.24, 2.45) is 0 Å². The molecule has 10 heteroatoms. The van der Waals surface area contributed by atoms with Crippen molar-refractivity contribution < 1.29 is 14.4 Å². The maximum atomic E-state index is 12.9. The lowest BCUT2D eigenvalue weighted by Crippen LogP contribution is -2.48. The lowest BCUT2D eigenvalue weighted by molar-refractivity contribution is -0.119. The Kier molecular flexibility index (Phi) is 6.94. The first-order valence-electron chi connectivity index (χ1n) is 11.7. The number of amides is 3. The highest BCUT2D eigenvalue weighted by Gasteiger charge is 2.35. The van der Waals surface area contributed by atoms with Gasteiger partial charge in [0.1, 0.15) is 0 Å². The van der Waals surface area contributed by atoms with Crippen LogP contribution in [0.3, 0.4) is 0 Å². The molecule has 1 aromatic carbocycles. The molecule has 0 unspecified atom stereocenters. The zero-order valence-electron chi connectivity index (χ0n) is 19.4. The Balaban J connectivity index is 1.15. The van der Waals surface area contributed by atoms with Crippen molar-refractivity contribution in [2.75, 3.05) is 25.0 Å². The first-order chi connectivity index (χ1) is 17.0. The number of aromatic nitrogens is 1. The van der Waals surface area contributed by atoms with Gasteiger partial charge in [-0.15, -0.1) is 22.7 Å². The minimum absolute atomic E-state index is 0.00630. The summed E-state index contributed by atoms with van der Waals surface area (Å²) in [4.78, 5) is 44.5.